The number of nitrogens with zero attached hydrogens (tertiary/aromatic N) is 3. The van der Waals surface area contributed by atoms with Gasteiger partial charge in [-0.15, -0.1) is 10.2 Å². The molecule has 0 aromatic carbocycles. The van der Waals surface area contributed by atoms with Crippen molar-refractivity contribution in [3.05, 3.63) is 17.8 Å². The zero-order valence-electron chi connectivity index (χ0n) is 11.0. The van der Waals surface area contributed by atoms with Gasteiger partial charge in [0.1, 0.15) is 5.82 Å². The molecule has 1 aliphatic carbocycles. The van der Waals surface area contributed by atoms with E-state index < -0.39 is 0 Å². The first-order chi connectivity index (χ1) is 8.70. The fourth-order valence-corrected chi connectivity index (χ4v) is 2.44. The lowest BCUT2D eigenvalue weighted by Gasteiger charge is -2.20. The average molecular weight is 248 g/mol. The molecule has 1 fully saturated rings. The van der Waals surface area contributed by atoms with Crippen molar-refractivity contribution in [3.63, 3.8) is 0 Å². The van der Waals surface area contributed by atoms with Crippen LogP contribution in [0.15, 0.2) is 12.1 Å². The van der Waals surface area contributed by atoms with Gasteiger partial charge in [-0.3, -0.25) is 4.79 Å². The lowest BCUT2D eigenvalue weighted by atomic mass is 10.1. The monoisotopic (exact) mass is 248 g/mol. The molecule has 0 bridgehead atoms. The molecular weight excluding hydrogens is 228 g/mol. The number of aromatic nitrogens is 2. The first-order valence-electron chi connectivity index (χ1n) is 6.47. The molecule has 98 valence electrons. The van der Waals surface area contributed by atoms with E-state index in [1.54, 1.807) is 24.1 Å². The van der Waals surface area contributed by atoms with Gasteiger partial charge < -0.3 is 10.2 Å². The smallest absolute Gasteiger partial charge is 0.274 e. The second-order valence-electron chi connectivity index (χ2n) is 4.89. The van der Waals surface area contributed by atoms with Crippen LogP contribution in [0.2, 0.25) is 0 Å². The SMILES string of the molecule is CNc1ccc(C(=O)N(C)CC2CCCC2)nn1. The number of amides is 1. The van der Waals surface area contributed by atoms with Gasteiger partial charge in [-0.1, -0.05) is 12.8 Å². The van der Waals surface area contributed by atoms with Gasteiger partial charge in [0.05, 0.1) is 0 Å². The highest BCUT2D eigenvalue weighted by Crippen LogP contribution is 2.25. The highest BCUT2D eigenvalue weighted by Gasteiger charge is 2.21. The molecule has 0 saturated heterocycles. The van der Waals surface area contributed by atoms with E-state index in [2.05, 4.69) is 15.5 Å². The summed E-state index contributed by atoms with van der Waals surface area (Å²) in [6, 6.07) is 3.48. The fraction of sp³-hybridized carbons (Fsp3) is 0.615. The predicted octanol–water partition coefficient (Wildman–Crippen LogP) is 1.78. The Labute approximate surface area is 108 Å². The molecular formula is C13H20N4O. The van der Waals surface area contributed by atoms with Gasteiger partial charge in [0.2, 0.25) is 0 Å². The Morgan fingerprint density at radius 1 is 1.39 bits per heavy atom. The Bertz CT molecular complexity index is 398. The maximum atomic E-state index is 12.1. The highest BCUT2D eigenvalue weighted by atomic mass is 16.2. The van der Waals surface area contributed by atoms with E-state index in [0.717, 1.165) is 6.54 Å². The van der Waals surface area contributed by atoms with Gasteiger partial charge in [0.15, 0.2) is 5.69 Å². The second-order valence-corrected chi connectivity index (χ2v) is 4.89. The Morgan fingerprint density at radius 3 is 2.67 bits per heavy atom. The van der Waals surface area contributed by atoms with Gasteiger partial charge in [-0.05, 0) is 30.9 Å². The Morgan fingerprint density at radius 2 is 2.11 bits per heavy atom. The third-order valence-electron chi connectivity index (χ3n) is 3.49. The van der Waals surface area contributed by atoms with Crippen LogP contribution >= 0.6 is 0 Å². The molecule has 0 spiro atoms. The van der Waals surface area contributed by atoms with Crippen molar-refractivity contribution in [2.45, 2.75) is 25.7 Å². The number of hydrogen-bond donors (Lipinski definition) is 1. The van der Waals surface area contributed by atoms with Crippen LogP contribution in [0, 0.1) is 5.92 Å². The highest BCUT2D eigenvalue weighted by molar-refractivity contribution is 5.92. The standard InChI is InChI=1S/C13H20N4O/c1-14-12-8-7-11(15-16-12)13(18)17(2)9-10-5-3-4-6-10/h7-8,10H,3-6,9H2,1-2H3,(H,14,16). The quantitative estimate of drug-likeness (QED) is 0.882. The Hall–Kier alpha value is -1.65. The zero-order valence-corrected chi connectivity index (χ0v) is 11.0. The molecule has 0 aliphatic heterocycles. The van der Waals surface area contributed by atoms with Gasteiger partial charge in [-0.25, -0.2) is 0 Å². The van der Waals surface area contributed by atoms with Crippen LogP contribution in [0.3, 0.4) is 0 Å². The van der Waals surface area contributed by atoms with Crippen molar-refractivity contribution in [1.29, 1.82) is 0 Å². The maximum Gasteiger partial charge on any atom is 0.274 e. The molecule has 5 nitrogen and oxygen atoms in total. The number of hydrogen-bond acceptors (Lipinski definition) is 4. The summed E-state index contributed by atoms with van der Waals surface area (Å²) < 4.78 is 0. The average Bonchev–Trinajstić information content (AvgIpc) is 2.91. The summed E-state index contributed by atoms with van der Waals surface area (Å²) in [5, 5.41) is 10.7. The molecule has 0 unspecified atom stereocenters. The van der Waals surface area contributed by atoms with Gasteiger partial charge in [0.25, 0.3) is 5.91 Å². The molecule has 1 aliphatic rings. The minimum Gasteiger partial charge on any atom is -0.372 e. The van der Waals surface area contributed by atoms with Gasteiger partial charge in [-0.2, -0.15) is 0 Å². The minimum absolute atomic E-state index is 0.0444. The van der Waals surface area contributed by atoms with Crippen LogP contribution in [0.1, 0.15) is 36.2 Å². The summed E-state index contributed by atoms with van der Waals surface area (Å²) in [7, 11) is 3.62. The van der Waals surface area contributed by atoms with Crippen LogP contribution < -0.4 is 5.32 Å². The Kier molecular flexibility index (Phi) is 4.12. The van der Waals surface area contributed by atoms with E-state index in [4.69, 9.17) is 0 Å². The molecule has 0 atom stereocenters. The van der Waals surface area contributed by atoms with Crippen molar-refractivity contribution in [3.8, 4) is 0 Å². The zero-order chi connectivity index (χ0) is 13.0. The van der Waals surface area contributed by atoms with Crippen molar-refractivity contribution in [1.82, 2.24) is 15.1 Å². The molecule has 1 saturated carbocycles. The van der Waals surface area contributed by atoms with Gasteiger partial charge in [0, 0.05) is 20.6 Å². The first-order valence-corrected chi connectivity index (χ1v) is 6.47. The molecule has 1 amide bonds. The molecule has 5 heteroatoms. The number of anilines is 1. The van der Waals surface area contributed by atoms with Crippen LogP contribution in [-0.4, -0.2) is 41.6 Å². The Balaban J connectivity index is 1.95. The maximum absolute atomic E-state index is 12.1. The number of carbonyl (C=O) groups excluding carboxylic acids is 1. The summed E-state index contributed by atoms with van der Waals surface area (Å²) >= 11 is 0. The van der Waals surface area contributed by atoms with E-state index in [9.17, 15) is 4.79 Å². The topological polar surface area (TPSA) is 58.1 Å². The van der Waals surface area contributed by atoms with Crippen molar-refractivity contribution < 1.29 is 4.79 Å². The normalized spacial score (nSPS) is 15.7. The number of nitrogens with one attached hydrogen (secondary N) is 1. The molecule has 2 rings (SSSR count). The molecule has 1 aromatic rings. The molecule has 1 N–H and O–H groups in total. The van der Waals surface area contributed by atoms with Crippen LogP contribution in [0.5, 0.6) is 0 Å². The van der Waals surface area contributed by atoms with E-state index in [0.29, 0.717) is 17.4 Å². The van der Waals surface area contributed by atoms with Crippen LogP contribution in [0.4, 0.5) is 5.82 Å². The third-order valence-corrected chi connectivity index (χ3v) is 3.49. The first kappa shape index (κ1) is 12.8. The van der Waals surface area contributed by atoms with Crippen molar-refractivity contribution in [2.24, 2.45) is 5.92 Å². The summed E-state index contributed by atoms with van der Waals surface area (Å²) in [4.78, 5) is 13.9. The summed E-state index contributed by atoms with van der Waals surface area (Å²) in [5.41, 5.74) is 0.412. The summed E-state index contributed by atoms with van der Waals surface area (Å²) in [5.74, 6) is 1.28. The largest absolute Gasteiger partial charge is 0.372 e. The summed E-state index contributed by atoms with van der Waals surface area (Å²) in [6.07, 6.45) is 5.07. The number of carbonyl (C=O) groups is 1. The van der Waals surface area contributed by atoms with E-state index in [1.807, 2.05) is 7.05 Å². The van der Waals surface area contributed by atoms with Gasteiger partial charge >= 0.3 is 0 Å². The molecule has 1 heterocycles. The summed E-state index contributed by atoms with van der Waals surface area (Å²) in [6.45, 7) is 0.828. The molecule has 0 radical (unpaired) electrons. The molecule has 1 aromatic heterocycles. The van der Waals surface area contributed by atoms with Crippen molar-refractivity contribution in [2.75, 3.05) is 26.0 Å². The minimum atomic E-state index is -0.0444. The van der Waals surface area contributed by atoms with Crippen LogP contribution in [-0.2, 0) is 0 Å². The van der Waals surface area contributed by atoms with E-state index >= 15 is 0 Å². The fourth-order valence-electron chi connectivity index (χ4n) is 2.44. The third kappa shape index (κ3) is 2.97. The van der Waals surface area contributed by atoms with E-state index in [1.165, 1.54) is 25.7 Å². The number of rotatable bonds is 4. The van der Waals surface area contributed by atoms with Crippen molar-refractivity contribution >= 4 is 11.7 Å². The second kappa shape index (κ2) is 5.80. The molecule has 18 heavy (non-hydrogen) atoms. The van der Waals surface area contributed by atoms with E-state index in [-0.39, 0.29) is 5.91 Å². The lowest BCUT2D eigenvalue weighted by molar-refractivity contribution is 0.0766. The lowest BCUT2D eigenvalue weighted by Crippen LogP contribution is -2.31. The predicted molar refractivity (Wildman–Crippen MR) is 70.5 cm³/mol. The van der Waals surface area contributed by atoms with Crippen LogP contribution in [0.25, 0.3) is 0 Å².